The minimum atomic E-state index is -0.446. The number of ether oxygens (including phenoxy) is 1. The number of hydrogen-bond acceptors (Lipinski definition) is 4. The molecule has 0 unspecified atom stereocenters. The first kappa shape index (κ1) is 12.9. The zero-order valence-electron chi connectivity index (χ0n) is 10.1. The summed E-state index contributed by atoms with van der Waals surface area (Å²) < 4.78 is 5.07. The molecule has 1 aromatic carbocycles. The topological polar surface area (TPSA) is 70.6 Å². The summed E-state index contributed by atoms with van der Waals surface area (Å²) in [6.07, 6.45) is -0.870. The molecular formula is C13H18N2O3. The summed E-state index contributed by atoms with van der Waals surface area (Å²) >= 11 is 0. The Labute approximate surface area is 106 Å². The Hall–Kier alpha value is -1.59. The molecule has 5 nitrogen and oxygen atoms in total. The second-order valence-corrected chi connectivity index (χ2v) is 4.42. The smallest absolute Gasteiger partial charge is 0.407 e. The lowest BCUT2D eigenvalue weighted by Gasteiger charge is -2.13. The average molecular weight is 250 g/mol. The van der Waals surface area contributed by atoms with Gasteiger partial charge >= 0.3 is 6.09 Å². The molecule has 1 aliphatic heterocycles. The first-order valence-corrected chi connectivity index (χ1v) is 6.09. The van der Waals surface area contributed by atoms with Crippen molar-refractivity contribution in [2.45, 2.75) is 12.6 Å². The maximum atomic E-state index is 11.4. The van der Waals surface area contributed by atoms with E-state index in [1.165, 1.54) is 0 Å². The monoisotopic (exact) mass is 250 g/mol. The molecule has 1 fully saturated rings. The van der Waals surface area contributed by atoms with Gasteiger partial charge in [-0.3, -0.25) is 0 Å². The molecule has 0 radical (unpaired) electrons. The number of amides is 1. The Bertz CT molecular complexity index is 383. The maximum absolute atomic E-state index is 11.4. The molecular weight excluding hydrogens is 232 g/mol. The third kappa shape index (κ3) is 3.72. The molecule has 0 aliphatic carbocycles. The highest BCUT2D eigenvalue weighted by atomic mass is 16.5. The zero-order valence-corrected chi connectivity index (χ0v) is 10.1. The second kappa shape index (κ2) is 6.37. The number of carbonyl (C=O) groups is 1. The summed E-state index contributed by atoms with van der Waals surface area (Å²) in [6, 6.07) is 9.64. The molecule has 2 atom stereocenters. The lowest BCUT2D eigenvalue weighted by molar-refractivity contribution is 0.0805. The first-order chi connectivity index (χ1) is 8.75. The third-order valence-electron chi connectivity index (χ3n) is 3.01. The quantitative estimate of drug-likeness (QED) is 0.727. The highest BCUT2D eigenvalue weighted by molar-refractivity contribution is 5.67. The minimum absolute atomic E-state index is 0.00697. The van der Waals surface area contributed by atoms with E-state index in [0.717, 1.165) is 5.56 Å². The molecule has 3 N–H and O–H groups in total. The molecule has 1 amide bonds. The number of β-amino-alcohol motifs (C(OH)–C–C–N with tert-alkyl or cyclic N) is 1. The van der Waals surface area contributed by atoms with Crippen molar-refractivity contribution >= 4 is 6.09 Å². The highest BCUT2D eigenvalue weighted by Crippen LogP contribution is 2.09. The zero-order chi connectivity index (χ0) is 12.8. The molecule has 1 aliphatic rings. The summed E-state index contributed by atoms with van der Waals surface area (Å²) in [5.74, 6) is -0.00697. The Balaban J connectivity index is 1.66. The number of alkyl carbamates (subject to hydrolysis) is 1. The summed E-state index contributed by atoms with van der Waals surface area (Å²) in [7, 11) is 0. The Morgan fingerprint density at radius 3 is 2.83 bits per heavy atom. The van der Waals surface area contributed by atoms with Gasteiger partial charge in [0.2, 0.25) is 0 Å². The van der Waals surface area contributed by atoms with Crippen molar-refractivity contribution in [1.29, 1.82) is 0 Å². The van der Waals surface area contributed by atoms with Crippen LogP contribution in [0.1, 0.15) is 5.56 Å². The molecule has 18 heavy (non-hydrogen) atoms. The van der Waals surface area contributed by atoms with Gasteiger partial charge in [0.05, 0.1) is 12.7 Å². The maximum Gasteiger partial charge on any atom is 0.407 e. The number of nitrogens with one attached hydrogen (secondary N) is 2. The minimum Gasteiger partial charge on any atom is -0.449 e. The lowest BCUT2D eigenvalue weighted by atomic mass is 10.1. The standard InChI is InChI=1S/C13H18N2O3/c16-12-8-14-7-11(12)9-18-13(17)15-6-10-4-2-1-3-5-10/h1-5,11-12,14,16H,6-9H2,(H,15,17)/t11-,12+/m0/s1. The average Bonchev–Trinajstić information content (AvgIpc) is 2.81. The van der Waals surface area contributed by atoms with E-state index in [0.29, 0.717) is 19.6 Å². The van der Waals surface area contributed by atoms with Crippen molar-refractivity contribution < 1.29 is 14.6 Å². The van der Waals surface area contributed by atoms with Crippen LogP contribution >= 0.6 is 0 Å². The van der Waals surface area contributed by atoms with Crippen LogP contribution in [0.25, 0.3) is 0 Å². The van der Waals surface area contributed by atoms with Crippen molar-refractivity contribution in [3.63, 3.8) is 0 Å². The number of hydrogen-bond donors (Lipinski definition) is 3. The van der Waals surface area contributed by atoms with Gasteiger partial charge in [0, 0.05) is 25.6 Å². The predicted octanol–water partition coefficient (Wildman–Crippen LogP) is 0.493. The van der Waals surface area contributed by atoms with Crippen LogP contribution in [0.15, 0.2) is 30.3 Å². The van der Waals surface area contributed by atoms with Gasteiger partial charge < -0.3 is 20.5 Å². The van der Waals surface area contributed by atoms with Crippen LogP contribution in [0.2, 0.25) is 0 Å². The Kier molecular flexibility index (Phi) is 4.55. The Morgan fingerprint density at radius 2 is 2.17 bits per heavy atom. The van der Waals surface area contributed by atoms with E-state index in [-0.39, 0.29) is 12.5 Å². The van der Waals surface area contributed by atoms with Gasteiger partial charge in [0.15, 0.2) is 0 Å². The number of benzene rings is 1. The van der Waals surface area contributed by atoms with Crippen molar-refractivity contribution in [3.05, 3.63) is 35.9 Å². The van der Waals surface area contributed by atoms with Crippen molar-refractivity contribution in [1.82, 2.24) is 10.6 Å². The van der Waals surface area contributed by atoms with Crippen molar-refractivity contribution in [2.24, 2.45) is 5.92 Å². The molecule has 0 aromatic heterocycles. The van der Waals surface area contributed by atoms with E-state index in [2.05, 4.69) is 10.6 Å². The van der Waals surface area contributed by atoms with Crippen LogP contribution in [-0.4, -0.2) is 37.0 Å². The van der Waals surface area contributed by atoms with E-state index < -0.39 is 12.2 Å². The van der Waals surface area contributed by atoms with E-state index in [9.17, 15) is 9.90 Å². The van der Waals surface area contributed by atoms with Gasteiger partial charge in [-0.2, -0.15) is 0 Å². The van der Waals surface area contributed by atoms with Crippen LogP contribution in [0.5, 0.6) is 0 Å². The molecule has 1 saturated heterocycles. The summed E-state index contributed by atoms with van der Waals surface area (Å²) in [6.45, 7) is 1.95. The molecule has 1 aromatic rings. The van der Waals surface area contributed by atoms with Gasteiger partial charge in [0.25, 0.3) is 0 Å². The molecule has 0 spiro atoms. The largest absolute Gasteiger partial charge is 0.449 e. The number of carbonyl (C=O) groups excluding carboxylic acids is 1. The van der Waals surface area contributed by atoms with Crippen molar-refractivity contribution in [3.8, 4) is 0 Å². The third-order valence-corrected chi connectivity index (χ3v) is 3.01. The number of aliphatic hydroxyl groups is 1. The lowest BCUT2D eigenvalue weighted by Crippen LogP contribution is -2.29. The summed E-state index contributed by atoms with van der Waals surface area (Å²) in [5.41, 5.74) is 1.03. The fourth-order valence-electron chi connectivity index (χ4n) is 1.89. The molecule has 98 valence electrons. The van der Waals surface area contributed by atoms with Crippen LogP contribution < -0.4 is 10.6 Å². The van der Waals surface area contributed by atoms with Gasteiger partial charge in [-0.05, 0) is 5.56 Å². The fourth-order valence-corrected chi connectivity index (χ4v) is 1.89. The SMILES string of the molecule is O=C(NCc1ccccc1)OC[C@@H]1CNC[C@H]1O. The molecule has 5 heteroatoms. The predicted molar refractivity (Wildman–Crippen MR) is 67.0 cm³/mol. The normalized spacial score (nSPS) is 22.7. The summed E-state index contributed by atoms with van der Waals surface area (Å²) in [4.78, 5) is 11.4. The van der Waals surface area contributed by atoms with Crippen LogP contribution in [0.4, 0.5) is 4.79 Å². The van der Waals surface area contributed by atoms with Crippen molar-refractivity contribution in [2.75, 3.05) is 19.7 Å². The second-order valence-electron chi connectivity index (χ2n) is 4.42. The van der Waals surface area contributed by atoms with Crippen LogP contribution in [0, 0.1) is 5.92 Å². The molecule has 2 rings (SSSR count). The van der Waals surface area contributed by atoms with E-state index in [1.54, 1.807) is 0 Å². The van der Waals surface area contributed by atoms with E-state index in [1.807, 2.05) is 30.3 Å². The highest BCUT2D eigenvalue weighted by Gasteiger charge is 2.25. The van der Waals surface area contributed by atoms with Crippen LogP contribution in [-0.2, 0) is 11.3 Å². The number of rotatable bonds is 4. The van der Waals surface area contributed by atoms with E-state index >= 15 is 0 Å². The number of aliphatic hydroxyl groups excluding tert-OH is 1. The van der Waals surface area contributed by atoms with Gasteiger partial charge in [-0.25, -0.2) is 4.79 Å². The van der Waals surface area contributed by atoms with Gasteiger partial charge in [-0.15, -0.1) is 0 Å². The van der Waals surface area contributed by atoms with Gasteiger partial charge in [0.1, 0.15) is 0 Å². The molecule has 0 saturated carbocycles. The first-order valence-electron chi connectivity index (χ1n) is 6.09. The molecule has 1 heterocycles. The Morgan fingerprint density at radius 1 is 1.39 bits per heavy atom. The molecule has 0 bridgehead atoms. The van der Waals surface area contributed by atoms with Gasteiger partial charge in [-0.1, -0.05) is 30.3 Å². The summed E-state index contributed by atoms with van der Waals surface area (Å²) in [5, 5.41) is 15.3. The fraction of sp³-hybridized carbons (Fsp3) is 0.462. The van der Waals surface area contributed by atoms with E-state index in [4.69, 9.17) is 4.74 Å². The van der Waals surface area contributed by atoms with Crippen LogP contribution in [0.3, 0.4) is 0 Å².